The number of hydrogen-bond donors (Lipinski definition) is 0. The Bertz CT molecular complexity index is 1360. The molecule has 4 rings (SSSR count). The summed E-state index contributed by atoms with van der Waals surface area (Å²) in [7, 11) is -3.90. The van der Waals surface area contributed by atoms with E-state index >= 15 is 0 Å². The van der Waals surface area contributed by atoms with Gasteiger partial charge in [0.05, 0.1) is 0 Å². The molecule has 0 amide bonds. The van der Waals surface area contributed by atoms with Crippen LogP contribution in [0.2, 0.25) is 5.32 Å². The molecule has 4 aromatic rings. The molecule has 1 atom stereocenters. The average molecular weight is 548 g/mol. The van der Waals surface area contributed by atoms with Crippen LogP contribution in [0, 0.1) is 13.8 Å². The molecule has 0 fully saturated rings. The molecule has 0 heterocycles. The van der Waals surface area contributed by atoms with Crippen molar-refractivity contribution in [1.29, 1.82) is 0 Å². The van der Waals surface area contributed by atoms with E-state index in [4.69, 9.17) is 0 Å². The van der Waals surface area contributed by atoms with E-state index in [9.17, 15) is 8.42 Å². The van der Waals surface area contributed by atoms with Crippen LogP contribution < -0.4 is 4.46 Å². The van der Waals surface area contributed by atoms with Gasteiger partial charge in [0.25, 0.3) is 0 Å². The minimum atomic E-state index is -3.90. The number of sulfonamides is 1. The van der Waals surface area contributed by atoms with Crippen LogP contribution in [0.25, 0.3) is 0 Å². The van der Waals surface area contributed by atoms with E-state index in [1.54, 1.807) is 18.3 Å². The van der Waals surface area contributed by atoms with Crippen molar-refractivity contribution < 1.29 is 8.42 Å². The molecule has 0 radical (unpaired) electrons. The van der Waals surface area contributed by atoms with Crippen LogP contribution in [0.3, 0.4) is 0 Å². The van der Waals surface area contributed by atoms with E-state index in [2.05, 4.69) is 36.3 Å². The first-order valence-corrected chi connectivity index (χ1v) is 14.9. The second kappa shape index (κ2) is 11.5. The number of rotatable bonds is 9. The number of benzene rings is 4. The summed E-state index contributed by atoms with van der Waals surface area (Å²) in [6.07, 6.45) is 1.63. The summed E-state index contributed by atoms with van der Waals surface area (Å²) < 4.78 is 30.4. The summed E-state index contributed by atoms with van der Waals surface area (Å²) in [5.41, 5.74) is 3.97. The quantitative estimate of drug-likeness (QED) is 0.158. The number of hydrogen-bond acceptors (Lipinski definition) is 3. The van der Waals surface area contributed by atoms with Crippen LogP contribution in [0.5, 0.6) is 0 Å². The summed E-state index contributed by atoms with van der Waals surface area (Å²) in [4.78, 5) is 0.233. The number of hydrazone groups is 1. The van der Waals surface area contributed by atoms with Crippen LogP contribution in [-0.2, 0) is 10.0 Å². The number of aryl methyl sites for hydroxylation is 2. The standard InChI is InChI=1S/C29H28N2O2SSe/c1-23-13-17-27(18-14-23)34(32,33)31(30-21-25-9-5-3-6-10-25)29(26-11-7-4-8-12-26)22-35-28-19-15-24(2)16-20-28/h3-21,29H,22H2,1-2H3. The Morgan fingerprint density at radius 2 is 1.31 bits per heavy atom. The summed E-state index contributed by atoms with van der Waals surface area (Å²) in [6.45, 7) is 4.01. The number of nitrogens with zero attached hydrogens (tertiary/aromatic N) is 2. The summed E-state index contributed by atoms with van der Waals surface area (Å²) in [6, 6.07) is 34.3. The fourth-order valence-corrected chi connectivity index (χ4v) is 7.30. The fourth-order valence-electron chi connectivity index (χ4n) is 3.56. The Morgan fingerprint density at radius 3 is 1.91 bits per heavy atom. The molecule has 0 aliphatic heterocycles. The topological polar surface area (TPSA) is 49.7 Å². The van der Waals surface area contributed by atoms with Crippen molar-refractivity contribution in [3.05, 3.63) is 131 Å². The Kier molecular flexibility index (Phi) is 8.19. The summed E-state index contributed by atoms with van der Waals surface area (Å²) in [5, 5.41) is 5.25. The van der Waals surface area contributed by atoms with Crippen LogP contribution in [0.4, 0.5) is 0 Å². The van der Waals surface area contributed by atoms with Crippen molar-refractivity contribution in [1.82, 2.24) is 4.41 Å². The van der Waals surface area contributed by atoms with Gasteiger partial charge in [-0.25, -0.2) is 0 Å². The summed E-state index contributed by atoms with van der Waals surface area (Å²) >= 11 is 0.0531. The maximum absolute atomic E-state index is 14.0. The van der Waals surface area contributed by atoms with Gasteiger partial charge in [-0.2, -0.15) is 0 Å². The molecule has 0 aliphatic carbocycles. The first-order chi connectivity index (χ1) is 16.9. The zero-order valence-corrected chi connectivity index (χ0v) is 22.3. The zero-order valence-electron chi connectivity index (χ0n) is 19.8. The van der Waals surface area contributed by atoms with Gasteiger partial charge in [0.2, 0.25) is 0 Å². The van der Waals surface area contributed by atoms with E-state index in [1.807, 2.05) is 79.7 Å². The SMILES string of the molecule is Cc1ccc([Se]CC(c2ccccc2)N(N=Cc2ccccc2)S(=O)(=O)c2ccc(C)cc2)cc1. The van der Waals surface area contributed by atoms with E-state index in [-0.39, 0.29) is 19.9 Å². The predicted octanol–water partition coefficient (Wildman–Crippen LogP) is 5.52. The third-order valence-corrected chi connectivity index (χ3v) is 9.56. The molecular formula is C29H28N2O2SSe. The molecule has 6 heteroatoms. The van der Waals surface area contributed by atoms with Crippen molar-refractivity contribution in [3.63, 3.8) is 0 Å². The monoisotopic (exact) mass is 548 g/mol. The van der Waals surface area contributed by atoms with Crippen molar-refractivity contribution in [2.45, 2.75) is 30.1 Å². The zero-order chi connectivity index (χ0) is 24.7. The van der Waals surface area contributed by atoms with E-state index in [0.717, 1.165) is 16.7 Å². The van der Waals surface area contributed by atoms with Gasteiger partial charge in [-0.3, -0.25) is 0 Å². The van der Waals surface area contributed by atoms with E-state index < -0.39 is 16.1 Å². The van der Waals surface area contributed by atoms with Gasteiger partial charge in [0.1, 0.15) is 0 Å². The third kappa shape index (κ3) is 6.49. The molecule has 178 valence electrons. The molecule has 0 bridgehead atoms. The van der Waals surface area contributed by atoms with Gasteiger partial charge in [0, 0.05) is 0 Å². The molecule has 0 aromatic heterocycles. The second-order valence-corrected chi connectivity index (χ2v) is 12.4. The third-order valence-electron chi connectivity index (χ3n) is 5.57. The van der Waals surface area contributed by atoms with Gasteiger partial charge in [-0.05, 0) is 0 Å². The molecule has 1 unspecified atom stereocenters. The van der Waals surface area contributed by atoms with Gasteiger partial charge < -0.3 is 0 Å². The molecule has 4 aromatic carbocycles. The Hall–Kier alpha value is -3.18. The first kappa shape index (κ1) is 24.9. The predicted molar refractivity (Wildman–Crippen MR) is 145 cm³/mol. The minimum absolute atomic E-state index is 0.0531. The van der Waals surface area contributed by atoms with Crippen LogP contribution >= 0.6 is 0 Å². The van der Waals surface area contributed by atoms with Crippen LogP contribution in [-0.4, -0.2) is 34.0 Å². The molecular weight excluding hydrogens is 519 g/mol. The van der Waals surface area contributed by atoms with Crippen molar-refractivity contribution in [3.8, 4) is 0 Å². The van der Waals surface area contributed by atoms with Crippen molar-refractivity contribution in [2.24, 2.45) is 5.10 Å². The van der Waals surface area contributed by atoms with Gasteiger partial charge >= 0.3 is 215 Å². The molecule has 4 nitrogen and oxygen atoms in total. The maximum atomic E-state index is 14.0. The van der Waals surface area contributed by atoms with E-state index in [0.29, 0.717) is 5.32 Å². The summed E-state index contributed by atoms with van der Waals surface area (Å²) in [5.74, 6) is 0. The fraction of sp³-hybridized carbons (Fsp3) is 0.138. The molecule has 0 spiro atoms. The second-order valence-electron chi connectivity index (χ2n) is 8.30. The Morgan fingerprint density at radius 1 is 0.771 bits per heavy atom. The van der Waals surface area contributed by atoms with Crippen LogP contribution in [0.1, 0.15) is 28.3 Å². The molecule has 0 saturated carbocycles. The van der Waals surface area contributed by atoms with Gasteiger partial charge in [-0.1, -0.05) is 0 Å². The molecule has 0 saturated heterocycles. The van der Waals surface area contributed by atoms with Crippen LogP contribution in [0.15, 0.2) is 119 Å². The molecule has 35 heavy (non-hydrogen) atoms. The van der Waals surface area contributed by atoms with E-state index in [1.165, 1.54) is 14.4 Å². The van der Waals surface area contributed by atoms with Gasteiger partial charge in [-0.15, -0.1) is 0 Å². The Labute approximate surface area is 214 Å². The molecule has 0 aliphatic rings. The van der Waals surface area contributed by atoms with Gasteiger partial charge in [0.15, 0.2) is 0 Å². The average Bonchev–Trinajstić information content (AvgIpc) is 2.88. The van der Waals surface area contributed by atoms with Crippen molar-refractivity contribution >= 4 is 35.7 Å². The molecule has 0 N–H and O–H groups in total. The normalized spacial score (nSPS) is 12.5. The Balaban J connectivity index is 1.77. The van der Waals surface area contributed by atoms with Crippen molar-refractivity contribution in [2.75, 3.05) is 0 Å². The first-order valence-electron chi connectivity index (χ1n) is 11.4.